The molecule has 0 heterocycles. The Kier molecular flexibility index (Phi) is 10.7. The van der Waals surface area contributed by atoms with Crippen molar-refractivity contribution in [2.45, 2.75) is 38.5 Å². The second kappa shape index (κ2) is 14.4. The van der Waals surface area contributed by atoms with E-state index in [0.29, 0.717) is 18.7 Å². The Morgan fingerprint density at radius 3 is 2.08 bits per heavy atom. The van der Waals surface area contributed by atoms with E-state index in [4.69, 9.17) is 14.2 Å². The molecule has 0 aliphatic carbocycles. The van der Waals surface area contributed by atoms with Gasteiger partial charge in [0.2, 0.25) is 5.91 Å². The summed E-state index contributed by atoms with van der Waals surface area (Å²) < 4.78 is 15.3. The predicted octanol–water partition coefficient (Wildman–Crippen LogP) is 5.62. The van der Waals surface area contributed by atoms with Crippen LogP contribution in [0.1, 0.15) is 57.5 Å². The van der Waals surface area contributed by atoms with E-state index in [-0.39, 0.29) is 23.5 Å². The Labute approximate surface area is 217 Å². The molecule has 0 atom stereocenters. The van der Waals surface area contributed by atoms with E-state index in [1.54, 1.807) is 6.07 Å². The molecule has 1 N–H and O–H groups in total. The summed E-state index contributed by atoms with van der Waals surface area (Å²) in [5.74, 6) is -0.741. The van der Waals surface area contributed by atoms with Gasteiger partial charge in [0.05, 0.1) is 32.0 Å². The van der Waals surface area contributed by atoms with Gasteiger partial charge in [-0.1, -0.05) is 42.5 Å². The third-order valence-electron chi connectivity index (χ3n) is 5.90. The minimum absolute atomic E-state index is 0.0268. The summed E-state index contributed by atoms with van der Waals surface area (Å²) in [5, 5.41) is 2.76. The van der Waals surface area contributed by atoms with E-state index >= 15 is 0 Å². The fourth-order valence-corrected chi connectivity index (χ4v) is 3.87. The average molecular weight is 504 g/mol. The van der Waals surface area contributed by atoms with Crippen molar-refractivity contribution in [3.05, 3.63) is 95.1 Å². The fraction of sp³-hybridized carbons (Fsp3) is 0.300. The summed E-state index contributed by atoms with van der Waals surface area (Å²) in [5.41, 5.74) is 2.88. The van der Waals surface area contributed by atoms with E-state index in [2.05, 4.69) is 29.6 Å². The van der Waals surface area contributed by atoms with Crippen molar-refractivity contribution in [3.8, 4) is 5.75 Å². The van der Waals surface area contributed by atoms with E-state index in [0.717, 1.165) is 37.0 Å². The van der Waals surface area contributed by atoms with Crippen molar-refractivity contribution in [2.24, 2.45) is 0 Å². The quantitative estimate of drug-likeness (QED) is 0.240. The van der Waals surface area contributed by atoms with Crippen LogP contribution in [-0.2, 0) is 27.1 Å². The molecule has 3 aromatic rings. The van der Waals surface area contributed by atoms with Crippen LogP contribution in [0.4, 0.5) is 5.69 Å². The fourth-order valence-electron chi connectivity index (χ4n) is 3.87. The van der Waals surface area contributed by atoms with Gasteiger partial charge in [-0.2, -0.15) is 0 Å². The van der Waals surface area contributed by atoms with E-state index in [1.807, 2.05) is 30.3 Å². The van der Waals surface area contributed by atoms with Gasteiger partial charge in [-0.25, -0.2) is 9.59 Å². The molecular formula is C30H33NO6. The van der Waals surface area contributed by atoms with Crippen LogP contribution < -0.4 is 10.1 Å². The molecule has 0 aliphatic heterocycles. The lowest BCUT2D eigenvalue weighted by atomic mass is 10.1. The molecule has 0 bridgehead atoms. The zero-order chi connectivity index (χ0) is 26.5. The minimum atomic E-state index is -0.689. The normalized spacial score (nSPS) is 10.4. The van der Waals surface area contributed by atoms with Crippen molar-refractivity contribution in [2.75, 3.05) is 26.1 Å². The van der Waals surface area contributed by atoms with Crippen molar-refractivity contribution in [3.63, 3.8) is 0 Å². The predicted molar refractivity (Wildman–Crippen MR) is 142 cm³/mol. The summed E-state index contributed by atoms with van der Waals surface area (Å²) in [6.07, 6.45) is 5.17. The molecule has 7 nitrogen and oxygen atoms in total. The van der Waals surface area contributed by atoms with E-state index < -0.39 is 11.9 Å². The largest absolute Gasteiger partial charge is 0.494 e. The third-order valence-corrected chi connectivity index (χ3v) is 5.90. The van der Waals surface area contributed by atoms with Crippen LogP contribution in [0.25, 0.3) is 0 Å². The molecule has 0 saturated heterocycles. The van der Waals surface area contributed by atoms with Crippen molar-refractivity contribution >= 4 is 23.5 Å². The molecule has 0 spiro atoms. The van der Waals surface area contributed by atoms with Gasteiger partial charge < -0.3 is 19.5 Å². The summed E-state index contributed by atoms with van der Waals surface area (Å²) in [6, 6.07) is 22.6. The molecule has 37 heavy (non-hydrogen) atoms. The molecule has 3 aromatic carbocycles. The first-order valence-corrected chi connectivity index (χ1v) is 12.4. The van der Waals surface area contributed by atoms with E-state index in [1.165, 1.54) is 31.9 Å². The molecule has 0 unspecified atom stereocenters. The number of carbonyl (C=O) groups excluding carboxylic acids is 3. The molecule has 0 aliphatic rings. The van der Waals surface area contributed by atoms with Gasteiger partial charge in [0, 0.05) is 12.1 Å². The number of rotatable bonds is 13. The summed E-state index contributed by atoms with van der Waals surface area (Å²) in [7, 11) is 2.45. The Bertz CT molecular complexity index is 1170. The monoisotopic (exact) mass is 503 g/mol. The average Bonchev–Trinajstić information content (AvgIpc) is 2.94. The van der Waals surface area contributed by atoms with Gasteiger partial charge in [0.1, 0.15) is 5.75 Å². The Morgan fingerprint density at radius 1 is 0.703 bits per heavy atom. The van der Waals surface area contributed by atoms with Gasteiger partial charge in [-0.05, 0) is 73.6 Å². The molecule has 3 rings (SSSR count). The Hall–Kier alpha value is -4.13. The van der Waals surface area contributed by atoms with Gasteiger partial charge in [0.25, 0.3) is 0 Å². The van der Waals surface area contributed by atoms with Crippen LogP contribution >= 0.6 is 0 Å². The van der Waals surface area contributed by atoms with Crippen LogP contribution in [-0.4, -0.2) is 38.7 Å². The topological polar surface area (TPSA) is 90.9 Å². The molecule has 7 heteroatoms. The van der Waals surface area contributed by atoms with E-state index in [9.17, 15) is 14.4 Å². The number of hydrogen-bond acceptors (Lipinski definition) is 6. The number of esters is 2. The minimum Gasteiger partial charge on any atom is -0.494 e. The number of methoxy groups -OCH3 is 2. The molecule has 0 radical (unpaired) electrons. The number of carbonyl (C=O) groups is 3. The zero-order valence-electron chi connectivity index (χ0n) is 21.3. The maximum absolute atomic E-state index is 12.5. The van der Waals surface area contributed by atoms with Crippen molar-refractivity contribution < 1.29 is 28.6 Å². The van der Waals surface area contributed by atoms with Crippen LogP contribution in [0.2, 0.25) is 0 Å². The standard InChI is InChI=1S/C30H33NO6/c1-35-29(33)26-18-15-24(21-27(26)30(34)36-2)31-28(32)19-14-23-12-16-25(17-13-23)37-20-8-4-7-11-22-9-5-3-6-10-22/h3,5-6,9-10,12-13,15-18,21H,4,7-8,11,14,19-20H2,1-2H3,(H,31,32). The first-order chi connectivity index (χ1) is 18.0. The molecular weight excluding hydrogens is 470 g/mol. The SMILES string of the molecule is COC(=O)c1ccc(NC(=O)CCc2ccc(OCCCCCc3ccccc3)cc2)cc1C(=O)OC. The second-order valence-corrected chi connectivity index (χ2v) is 8.58. The van der Waals surface area contributed by atoms with Gasteiger partial charge in [-0.3, -0.25) is 4.79 Å². The van der Waals surface area contributed by atoms with Crippen molar-refractivity contribution in [1.82, 2.24) is 0 Å². The molecule has 0 fully saturated rings. The zero-order valence-corrected chi connectivity index (χ0v) is 21.3. The maximum atomic E-state index is 12.5. The van der Waals surface area contributed by atoms with Crippen LogP contribution in [0.15, 0.2) is 72.8 Å². The lowest BCUT2D eigenvalue weighted by Gasteiger charge is -2.10. The highest BCUT2D eigenvalue weighted by atomic mass is 16.5. The molecule has 1 amide bonds. The van der Waals surface area contributed by atoms with Crippen LogP contribution in [0, 0.1) is 0 Å². The Morgan fingerprint density at radius 2 is 1.38 bits per heavy atom. The summed E-state index contributed by atoms with van der Waals surface area (Å²) in [4.78, 5) is 36.4. The highest BCUT2D eigenvalue weighted by Crippen LogP contribution is 2.19. The number of amides is 1. The number of anilines is 1. The third kappa shape index (κ3) is 8.79. The van der Waals surface area contributed by atoms with Crippen molar-refractivity contribution in [1.29, 1.82) is 0 Å². The number of hydrogen-bond donors (Lipinski definition) is 1. The first-order valence-electron chi connectivity index (χ1n) is 12.4. The molecule has 194 valence electrons. The van der Waals surface area contributed by atoms with Crippen LogP contribution in [0.3, 0.4) is 0 Å². The van der Waals surface area contributed by atoms with Crippen LogP contribution in [0.5, 0.6) is 5.75 Å². The highest BCUT2D eigenvalue weighted by molar-refractivity contribution is 6.04. The number of aryl methyl sites for hydroxylation is 2. The van der Waals surface area contributed by atoms with Gasteiger partial charge >= 0.3 is 11.9 Å². The number of ether oxygens (including phenoxy) is 3. The second-order valence-electron chi connectivity index (χ2n) is 8.58. The highest BCUT2D eigenvalue weighted by Gasteiger charge is 2.19. The number of nitrogens with one attached hydrogen (secondary N) is 1. The number of unbranched alkanes of at least 4 members (excludes halogenated alkanes) is 2. The summed E-state index contributed by atoms with van der Waals surface area (Å²) >= 11 is 0. The van der Waals surface area contributed by atoms with Gasteiger partial charge in [0.15, 0.2) is 0 Å². The first kappa shape index (κ1) is 27.5. The smallest absolute Gasteiger partial charge is 0.338 e. The molecule has 0 aromatic heterocycles. The maximum Gasteiger partial charge on any atom is 0.338 e. The lowest BCUT2D eigenvalue weighted by molar-refractivity contribution is -0.116. The lowest BCUT2D eigenvalue weighted by Crippen LogP contribution is -2.15. The van der Waals surface area contributed by atoms with Gasteiger partial charge in [-0.15, -0.1) is 0 Å². The number of benzene rings is 3. The Balaban J connectivity index is 1.40. The molecule has 0 saturated carbocycles. The summed E-state index contributed by atoms with van der Waals surface area (Å²) in [6.45, 7) is 0.679.